The van der Waals surface area contributed by atoms with Gasteiger partial charge in [-0.25, -0.2) is 4.39 Å². The summed E-state index contributed by atoms with van der Waals surface area (Å²) in [7, 11) is 0. The normalized spacial score (nSPS) is 17.8. The second kappa shape index (κ2) is 10.6. The third-order valence-electron chi connectivity index (χ3n) is 5.23. The lowest BCUT2D eigenvalue weighted by molar-refractivity contribution is 0.00335. The summed E-state index contributed by atoms with van der Waals surface area (Å²) >= 11 is 0. The Balaban J connectivity index is 1.37. The van der Waals surface area contributed by atoms with Gasteiger partial charge in [0.15, 0.2) is 11.5 Å². The van der Waals surface area contributed by atoms with Crippen molar-refractivity contribution in [2.45, 2.75) is 25.2 Å². The summed E-state index contributed by atoms with van der Waals surface area (Å²) in [4.78, 5) is 7.76. The van der Waals surface area contributed by atoms with Crippen molar-refractivity contribution in [3.8, 4) is 11.5 Å². The Bertz CT molecular complexity index is 950. The van der Waals surface area contributed by atoms with E-state index in [1.807, 2.05) is 18.2 Å². The van der Waals surface area contributed by atoms with Crippen LogP contribution in [0.25, 0.3) is 0 Å². The Labute approximate surface area is 186 Å². The Hall–Kier alpha value is -2.94. The van der Waals surface area contributed by atoms with Gasteiger partial charge < -0.3 is 24.2 Å². The van der Waals surface area contributed by atoms with Crippen molar-refractivity contribution < 1.29 is 28.5 Å². The Kier molecular flexibility index (Phi) is 7.36. The van der Waals surface area contributed by atoms with Gasteiger partial charge in [-0.3, -0.25) is 4.90 Å². The van der Waals surface area contributed by atoms with Crippen LogP contribution in [0.5, 0.6) is 11.5 Å². The van der Waals surface area contributed by atoms with Crippen LogP contribution in [0, 0.1) is 5.82 Å². The van der Waals surface area contributed by atoms with Crippen molar-refractivity contribution in [1.82, 2.24) is 4.90 Å². The molecule has 32 heavy (non-hydrogen) atoms. The first-order chi connectivity index (χ1) is 15.6. The van der Waals surface area contributed by atoms with Crippen LogP contribution in [0.1, 0.15) is 17.5 Å². The van der Waals surface area contributed by atoms with Crippen LogP contribution in [0.3, 0.4) is 0 Å². The van der Waals surface area contributed by atoms with E-state index in [2.05, 4.69) is 16.6 Å². The van der Waals surface area contributed by atoms with Crippen LogP contribution in [-0.4, -0.2) is 61.0 Å². The highest BCUT2D eigenvalue weighted by molar-refractivity contribution is 6.01. The second-order valence-electron chi connectivity index (χ2n) is 7.84. The third-order valence-corrected chi connectivity index (χ3v) is 5.23. The van der Waals surface area contributed by atoms with Gasteiger partial charge in [0.25, 0.3) is 0 Å². The molecule has 4 rings (SSSR count). The number of hydrogen-bond acceptors (Lipinski definition) is 7. The molecule has 2 aliphatic rings. The molecule has 1 N–H and O–H groups in total. The summed E-state index contributed by atoms with van der Waals surface area (Å²) in [6, 6.07) is 12.1. The fourth-order valence-corrected chi connectivity index (χ4v) is 3.75. The molecule has 0 bridgehead atoms. The molecule has 8 heteroatoms. The minimum atomic E-state index is -0.675. The SMILES string of the molecule is C=CCOC[C@H](O)CN(Cc1ccc(F)cc1)C[C@H]1CC(c2ccc3c(c2)OCO3)=NO1. The van der Waals surface area contributed by atoms with Crippen LogP contribution in [0.2, 0.25) is 0 Å². The minimum Gasteiger partial charge on any atom is -0.454 e. The molecule has 0 amide bonds. The van der Waals surface area contributed by atoms with Gasteiger partial charge in [-0.1, -0.05) is 23.4 Å². The lowest BCUT2D eigenvalue weighted by Gasteiger charge is -2.27. The van der Waals surface area contributed by atoms with Crippen LogP contribution in [0.4, 0.5) is 4.39 Å². The number of oxime groups is 1. The second-order valence-corrected chi connectivity index (χ2v) is 7.84. The van der Waals surface area contributed by atoms with Crippen molar-refractivity contribution in [1.29, 1.82) is 0 Å². The lowest BCUT2D eigenvalue weighted by atomic mass is 10.0. The van der Waals surface area contributed by atoms with Crippen molar-refractivity contribution in [3.63, 3.8) is 0 Å². The lowest BCUT2D eigenvalue weighted by Crippen LogP contribution is -2.39. The Morgan fingerprint density at radius 3 is 2.84 bits per heavy atom. The summed E-state index contributed by atoms with van der Waals surface area (Å²) in [6.45, 7) is 5.89. The van der Waals surface area contributed by atoms with E-state index >= 15 is 0 Å². The zero-order valence-electron chi connectivity index (χ0n) is 17.8. The molecule has 0 saturated carbocycles. The minimum absolute atomic E-state index is 0.169. The van der Waals surface area contributed by atoms with Crippen molar-refractivity contribution in [2.75, 3.05) is 33.1 Å². The van der Waals surface area contributed by atoms with Crippen molar-refractivity contribution in [3.05, 3.63) is 72.1 Å². The van der Waals surface area contributed by atoms with Gasteiger partial charge in [0.05, 0.1) is 25.0 Å². The van der Waals surface area contributed by atoms with E-state index in [0.29, 0.717) is 38.4 Å². The molecule has 0 aliphatic carbocycles. The van der Waals surface area contributed by atoms with E-state index in [0.717, 1.165) is 22.6 Å². The number of halogens is 1. The summed E-state index contributed by atoms with van der Waals surface area (Å²) in [6.07, 6.45) is 1.43. The van der Waals surface area contributed by atoms with Crippen LogP contribution in [-0.2, 0) is 16.1 Å². The molecule has 0 radical (unpaired) electrons. The van der Waals surface area contributed by atoms with E-state index < -0.39 is 6.10 Å². The van der Waals surface area contributed by atoms with Gasteiger partial charge in [-0.15, -0.1) is 6.58 Å². The predicted molar refractivity (Wildman–Crippen MR) is 117 cm³/mol. The molecule has 2 heterocycles. The summed E-state index contributed by atoms with van der Waals surface area (Å²) < 4.78 is 29.5. The fraction of sp³-hybridized carbons (Fsp3) is 0.375. The Morgan fingerprint density at radius 1 is 1.22 bits per heavy atom. The number of ether oxygens (including phenoxy) is 3. The zero-order chi connectivity index (χ0) is 22.3. The number of benzene rings is 2. The van der Waals surface area contributed by atoms with Crippen LogP contribution in [0.15, 0.2) is 60.3 Å². The first-order valence-corrected chi connectivity index (χ1v) is 10.6. The average molecular weight is 442 g/mol. The maximum absolute atomic E-state index is 13.3. The van der Waals surface area contributed by atoms with E-state index in [4.69, 9.17) is 19.0 Å². The number of hydrogen-bond donors (Lipinski definition) is 1. The molecule has 2 atom stereocenters. The average Bonchev–Trinajstić information content (AvgIpc) is 3.44. The van der Waals surface area contributed by atoms with Gasteiger partial charge in [0.2, 0.25) is 6.79 Å². The van der Waals surface area contributed by atoms with Gasteiger partial charge in [0, 0.05) is 31.6 Å². The molecule has 0 saturated heterocycles. The highest BCUT2D eigenvalue weighted by atomic mass is 19.1. The molecule has 0 unspecified atom stereocenters. The van der Waals surface area contributed by atoms with E-state index in [9.17, 15) is 9.50 Å². The molecular formula is C24H27FN2O5. The van der Waals surface area contributed by atoms with Gasteiger partial charge in [-0.05, 0) is 35.9 Å². The molecule has 2 aliphatic heterocycles. The number of aliphatic hydroxyl groups is 1. The molecule has 0 aromatic heterocycles. The van der Waals surface area contributed by atoms with Gasteiger partial charge in [0.1, 0.15) is 11.9 Å². The maximum atomic E-state index is 13.3. The highest BCUT2D eigenvalue weighted by Gasteiger charge is 2.27. The van der Waals surface area contributed by atoms with Crippen molar-refractivity contribution >= 4 is 5.71 Å². The smallest absolute Gasteiger partial charge is 0.231 e. The van der Waals surface area contributed by atoms with E-state index in [1.165, 1.54) is 12.1 Å². The van der Waals surface area contributed by atoms with Gasteiger partial charge in [-0.2, -0.15) is 0 Å². The molecule has 2 aromatic carbocycles. The molecule has 7 nitrogen and oxygen atoms in total. The fourth-order valence-electron chi connectivity index (χ4n) is 3.75. The third kappa shape index (κ3) is 5.85. The quantitative estimate of drug-likeness (QED) is 0.426. The number of fused-ring (bicyclic) bond motifs is 1. The van der Waals surface area contributed by atoms with Crippen LogP contribution >= 0.6 is 0 Å². The van der Waals surface area contributed by atoms with Gasteiger partial charge >= 0.3 is 0 Å². The Morgan fingerprint density at radius 2 is 2.03 bits per heavy atom. The van der Waals surface area contributed by atoms with E-state index in [-0.39, 0.29) is 25.3 Å². The first-order valence-electron chi connectivity index (χ1n) is 10.6. The summed E-state index contributed by atoms with van der Waals surface area (Å²) in [5, 5.41) is 14.7. The standard InChI is InChI=1S/C24H27FN2O5/c1-2-9-29-15-20(28)13-27(12-17-3-6-19(25)7-4-17)14-21-11-22(26-32-21)18-5-8-23-24(10-18)31-16-30-23/h2-8,10,20-21,28H,1,9,11-16H2/t20-,21-/m1/s1. The molecule has 2 aromatic rings. The predicted octanol–water partition coefficient (Wildman–Crippen LogP) is 3.11. The number of nitrogens with zero attached hydrogens (tertiary/aromatic N) is 2. The first kappa shape index (κ1) is 22.3. The van der Waals surface area contributed by atoms with Crippen LogP contribution < -0.4 is 9.47 Å². The molecule has 0 spiro atoms. The largest absolute Gasteiger partial charge is 0.454 e. The molecule has 0 fully saturated rings. The summed E-state index contributed by atoms with van der Waals surface area (Å²) in [5.74, 6) is 1.15. The number of aliphatic hydroxyl groups excluding tert-OH is 1. The zero-order valence-corrected chi connectivity index (χ0v) is 17.8. The number of rotatable bonds is 11. The van der Waals surface area contributed by atoms with E-state index in [1.54, 1.807) is 18.2 Å². The molecule has 170 valence electrons. The summed E-state index contributed by atoms with van der Waals surface area (Å²) in [5.41, 5.74) is 2.71. The topological polar surface area (TPSA) is 72.8 Å². The van der Waals surface area contributed by atoms with Crippen molar-refractivity contribution in [2.24, 2.45) is 5.16 Å². The molecular weight excluding hydrogens is 415 g/mol. The monoisotopic (exact) mass is 442 g/mol. The maximum Gasteiger partial charge on any atom is 0.231 e. The highest BCUT2D eigenvalue weighted by Crippen LogP contribution is 2.33.